The number of nitrogens with zero attached hydrogens (tertiary/aromatic N) is 3. The molecule has 0 saturated heterocycles. The number of hydrogen-bond acceptors (Lipinski definition) is 6. The monoisotopic (exact) mass is 492 g/mol. The molecule has 1 aliphatic rings. The van der Waals surface area contributed by atoms with E-state index in [1.54, 1.807) is 10.6 Å². The number of thioether (sulfide) groups is 1. The van der Waals surface area contributed by atoms with E-state index in [0.717, 1.165) is 11.1 Å². The van der Waals surface area contributed by atoms with Crippen molar-refractivity contribution in [1.82, 2.24) is 14.8 Å². The fourth-order valence-electron chi connectivity index (χ4n) is 4.09. The first-order valence-electron chi connectivity index (χ1n) is 10.8. The standard InChI is InChI=1S/C25H21ClN4O3S/c26-21-12-16(23(32)33)8-7-15(21)11-17(31)13-34-25-29-28-24(27)30(25)22-10-9-18(14-5-6-14)19-3-1-2-4-20(19)22/h1-4,7-10,12,14H,5-6,11,13H2,(H2,27,28)(H,32,33). The molecule has 3 aromatic carbocycles. The molecule has 1 heterocycles. The third-order valence-corrected chi connectivity index (χ3v) is 7.24. The summed E-state index contributed by atoms with van der Waals surface area (Å²) in [6.07, 6.45) is 2.52. The number of rotatable bonds is 8. The summed E-state index contributed by atoms with van der Waals surface area (Å²) in [7, 11) is 0. The average molecular weight is 493 g/mol. The molecule has 0 aliphatic heterocycles. The molecule has 1 fully saturated rings. The van der Waals surface area contributed by atoms with Crippen LogP contribution in [-0.2, 0) is 11.2 Å². The van der Waals surface area contributed by atoms with Crippen molar-refractivity contribution in [3.05, 3.63) is 76.3 Å². The van der Waals surface area contributed by atoms with E-state index < -0.39 is 5.97 Å². The Morgan fingerprint density at radius 3 is 2.56 bits per heavy atom. The second-order valence-corrected chi connectivity index (χ2v) is 9.64. The van der Waals surface area contributed by atoms with Gasteiger partial charge in [0.05, 0.1) is 17.0 Å². The van der Waals surface area contributed by atoms with E-state index in [9.17, 15) is 9.59 Å². The summed E-state index contributed by atoms with van der Waals surface area (Å²) in [5, 5.41) is 20.4. The van der Waals surface area contributed by atoms with Gasteiger partial charge in [-0.3, -0.25) is 9.36 Å². The number of hydrogen-bond donors (Lipinski definition) is 2. The summed E-state index contributed by atoms with van der Waals surface area (Å²) < 4.78 is 1.78. The highest BCUT2D eigenvalue weighted by Gasteiger charge is 2.26. The Morgan fingerprint density at radius 1 is 1.09 bits per heavy atom. The van der Waals surface area contributed by atoms with Gasteiger partial charge in [0.1, 0.15) is 5.78 Å². The third-order valence-electron chi connectivity index (χ3n) is 5.90. The summed E-state index contributed by atoms with van der Waals surface area (Å²) in [6.45, 7) is 0. The number of nitrogen functional groups attached to an aromatic ring is 1. The molecule has 1 aromatic heterocycles. The number of carbonyl (C=O) groups excluding carboxylic acids is 1. The lowest BCUT2D eigenvalue weighted by molar-refractivity contribution is -0.116. The minimum absolute atomic E-state index is 0.0722. The Kier molecular flexibility index (Phi) is 6.02. The van der Waals surface area contributed by atoms with Gasteiger partial charge >= 0.3 is 5.97 Å². The van der Waals surface area contributed by atoms with Gasteiger partial charge in [-0.1, -0.05) is 59.8 Å². The Hall–Kier alpha value is -3.36. The third kappa shape index (κ3) is 4.38. The minimum Gasteiger partial charge on any atom is -0.478 e. The molecule has 1 aliphatic carbocycles. The summed E-state index contributed by atoms with van der Waals surface area (Å²) in [4.78, 5) is 23.7. The van der Waals surface area contributed by atoms with E-state index in [1.807, 2.05) is 18.2 Å². The highest BCUT2D eigenvalue weighted by Crippen LogP contribution is 2.44. The van der Waals surface area contributed by atoms with Gasteiger partial charge in [-0.2, -0.15) is 0 Å². The van der Waals surface area contributed by atoms with Gasteiger partial charge < -0.3 is 10.8 Å². The summed E-state index contributed by atoms with van der Waals surface area (Å²) in [5.41, 5.74) is 9.08. The van der Waals surface area contributed by atoms with Gasteiger partial charge in [0.25, 0.3) is 0 Å². The van der Waals surface area contributed by atoms with E-state index in [-0.39, 0.29) is 34.5 Å². The zero-order chi connectivity index (χ0) is 23.8. The van der Waals surface area contributed by atoms with Crippen molar-refractivity contribution >= 4 is 51.8 Å². The number of anilines is 1. The van der Waals surface area contributed by atoms with Gasteiger partial charge in [-0.05, 0) is 53.5 Å². The van der Waals surface area contributed by atoms with Gasteiger partial charge in [0.2, 0.25) is 5.95 Å². The van der Waals surface area contributed by atoms with Crippen molar-refractivity contribution in [2.45, 2.75) is 30.3 Å². The maximum atomic E-state index is 12.7. The fraction of sp³-hybridized carbons (Fsp3) is 0.200. The number of ketones is 1. The van der Waals surface area contributed by atoms with Gasteiger partial charge in [-0.15, -0.1) is 10.2 Å². The van der Waals surface area contributed by atoms with Crippen LogP contribution < -0.4 is 5.73 Å². The fourth-order valence-corrected chi connectivity index (χ4v) is 5.14. The van der Waals surface area contributed by atoms with Crippen molar-refractivity contribution in [2.24, 2.45) is 0 Å². The van der Waals surface area contributed by atoms with Crippen LogP contribution in [0.3, 0.4) is 0 Å². The molecular weight excluding hydrogens is 472 g/mol. The molecule has 0 unspecified atom stereocenters. The first kappa shape index (κ1) is 22.4. The van der Waals surface area contributed by atoms with Crippen molar-refractivity contribution < 1.29 is 14.7 Å². The first-order chi connectivity index (χ1) is 16.4. The molecule has 9 heteroatoms. The highest BCUT2D eigenvalue weighted by atomic mass is 35.5. The summed E-state index contributed by atoms with van der Waals surface area (Å²) in [6, 6.07) is 16.8. The lowest BCUT2D eigenvalue weighted by atomic mass is 9.99. The van der Waals surface area contributed by atoms with E-state index in [4.69, 9.17) is 22.4 Å². The number of carbonyl (C=O) groups is 2. The van der Waals surface area contributed by atoms with E-state index in [0.29, 0.717) is 16.6 Å². The quantitative estimate of drug-likeness (QED) is 0.328. The Bertz CT molecular complexity index is 1430. The summed E-state index contributed by atoms with van der Waals surface area (Å²) >= 11 is 7.43. The van der Waals surface area contributed by atoms with Crippen LogP contribution in [0.2, 0.25) is 5.02 Å². The minimum atomic E-state index is -1.06. The number of nitrogens with two attached hydrogens (primary N) is 1. The number of benzene rings is 3. The maximum absolute atomic E-state index is 12.7. The van der Waals surface area contributed by atoms with E-state index in [2.05, 4.69) is 28.4 Å². The molecular formula is C25H21ClN4O3S. The van der Waals surface area contributed by atoms with Crippen LogP contribution in [0, 0.1) is 0 Å². The molecule has 172 valence electrons. The summed E-state index contributed by atoms with van der Waals surface area (Å²) in [5.74, 6) is -0.124. The van der Waals surface area contributed by atoms with Gasteiger partial charge in [-0.25, -0.2) is 4.79 Å². The van der Waals surface area contributed by atoms with Crippen LogP contribution in [-0.4, -0.2) is 37.4 Å². The number of Topliss-reactive ketones (excluding diaryl/α,β-unsaturated/α-hetero) is 1. The van der Waals surface area contributed by atoms with Crippen molar-refractivity contribution in [1.29, 1.82) is 0 Å². The molecule has 0 bridgehead atoms. The molecule has 0 spiro atoms. The van der Waals surface area contributed by atoms with E-state index >= 15 is 0 Å². The number of carboxylic acids is 1. The Labute approximate surface area is 204 Å². The zero-order valence-corrected chi connectivity index (χ0v) is 19.6. The first-order valence-corrected chi connectivity index (χ1v) is 12.2. The predicted molar refractivity (Wildman–Crippen MR) is 133 cm³/mol. The van der Waals surface area contributed by atoms with Gasteiger partial charge in [0.15, 0.2) is 5.16 Å². The number of fused-ring (bicyclic) bond motifs is 1. The van der Waals surface area contributed by atoms with Crippen LogP contribution in [0.4, 0.5) is 5.95 Å². The number of aromatic carboxylic acids is 1. The highest BCUT2D eigenvalue weighted by molar-refractivity contribution is 7.99. The normalized spacial score (nSPS) is 13.3. The van der Waals surface area contributed by atoms with Gasteiger partial charge in [0, 0.05) is 16.8 Å². The zero-order valence-electron chi connectivity index (χ0n) is 18.1. The predicted octanol–water partition coefficient (Wildman–Crippen LogP) is 5.14. The second-order valence-electron chi connectivity index (χ2n) is 8.29. The molecule has 1 saturated carbocycles. The number of carboxylic acid groups (broad SMARTS) is 1. The van der Waals surface area contributed by atoms with Crippen LogP contribution in [0.25, 0.3) is 16.5 Å². The van der Waals surface area contributed by atoms with Crippen molar-refractivity contribution in [2.75, 3.05) is 11.5 Å². The molecule has 0 radical (unpaired) electrons. The van der Waals surface area contributed by atoms with Crippen LogP contribution in [0.1, 0.15) is 40.2 Å². The van der Waals surface area contributed by atoms with E-state index in [1.165, 1.54) is 47.7 Å². The van der Waals surface area contributed by atoms with Crippen molar-refractivity contribution in [3.63, 3.8) is 0 Å². The van der Waals surface area contributed by atoms with Crippen LogP contribution >= 0.6 is 23.4 Å². The Balaban J connectivity index is 1.37. The lowest BCUT2D eigenvalue weighted by Gasteiger charge is -2.14. The largest absolute Gasteiger partial charge is 0.478 e. The molecule has 0 amide bonds. The molecule has 3 N–H and O–H groups in total. The molecule has 34 heavy (non-hydrogen) atoms. The number of aromatic nitrogens is 3. The average Bonchev–Trinajstić information content (AvgIpc) is 3.61. The van der Waals surface area contributed by atoms with Crippen LogP contribution in [0.15, 0.2) is 59.8 Å². The Morgan fingerprint density at radius 2 is 1.85 bits per heavy atom. The second kappa shape index (κ2) is 9.12. The lowest BCUT2D eigenvalue weighted by Crippen LogP contribution is -2.09. The van der Waals surface area contributed by atoms with Crippen LogP contribution in [0.5, 0.6) is 0 Å². The molecule has 7 nitrogen and oxygen atoms in total. The molecule has 4 aromatic rings. The smallest absolute Gasteiger partial charge is 0.335 e. The molecule has 5 rings (SSSR count). The maximum Gasteiger partial charge on any atom is 0.335 e. The topological polar surface area (TPSA) is 111 Å². The number of halogens is 1. The van der Waals surface area contributed by atoms with Crippen molar-refractivity contribution in [3.8, 4) is 5.69 Å². The SMILES string of the molecule is Nc1nnc(SCC(=O)Cc2ccc(C(=O)O)cc2Cl)n1-c1ccc(C2CC2)c2ccccc12. The molecule has 0 atom stereocenters.